The van der Waals surface area contributed by atoms with E-state index in [-0.39, 0.29) is 22.8 Å². The topological polar surface area (TPSA) is 125 Å². The first kappa shape index (κ1) is 29.0. The number of aliphatic imine (C=N–C) groups is 1. The van der Waals surface area contributed by atoms with Crippen LogP contribution in [0.3, 0.4) is 0 Å². The summed E-state index contributed by atoms with van der Waals surface area (Å²) in [5, 5.41) is 15.9. The normalized spacial score (nSPS) is 14.7. The van der Waals surface area contributed by atoms with Crippen LogP contribution < -0.4 is 10.6 Å². The predicted molar refractivity (Wildman–Crippen MR) is 146 cm³/mol. The highest BCUT2D eigenvalue weighted by molar-refractivity contribution is 7.13. The molecule has 0 saturated carbocycles. The molecule has 3 aromatic rings. The van der Waals surface area contributed by atoms with Crippen molar-refractivity contribution in [1.29, 1.82) is 0 Å². The summed E-state index contributed by atoms with van der Waals surface area (Å²) in [6, 6.07) is 2.68. The first-order chi connectivity index (χ1) is 19.1. The Labute approximate surface area is 232 Å². The lowest BCUT2D eigenvalue weighted by atomic mass is 10.0. The maximum Gasteiger partial charge on any atom is 0.434 e. The molecular weight excluding hydrogens is 547 g/mol. The van der Waals surface area contributed by atoms with E-state index in [0.717, 1.165) is 16.7 Å². The van der Waals surface area contributed by atoms with E-state index in [1.807, 2.05) is 4.90 Å². The zero-order valence-corrected chi connectivity index (χ0v) is 22.6. The third-order valence-electron chi connectivity index (χ3n) is 6.04. The molecule has 1 aliphatic heterocycles. The number of aliphatic hydroxyl groups excluding tert-OH is 1. The highest BCUT2D eigenvalue weighted by Gasteiger charge is 2.34. The SMILES string of the molecule is C=C(O/C(=N\C)c1cncc(-c2cnc(NC(=O)NCC)cc2-c2nc(C(F)(F)F)cs2)c1)N1CCC(O)CC1. The number of likely N-dealkylation sites (tertiary alicyclic amines) is 1. The van der Waals surface area contributed by atoms with Crippen LogP contribution in [0.5, 0.6) is 0 Å². The van der Waals surface area contributed by atoms with Gasteiger partial charge in [0.2, 0.25) is 5.90 Å². The summed E-state index contributed by atoms with van der Waals surface area (Å²) in [4.78, 5) is 30.6. The fraction of sp³-hybridized carbons (Fsp3) is 0.346. The van der Waals surface area contributed by atoms with Gasteiger partial charge in [-0.2, -0.15) is 13.2 Å². The Balaban J connectivity index is 1.68. The molecule has 0 spiro atoms. The van der Waals surface area contributed by atoms with E-state index in [9.17, 15) is 23.1 Å². The zero-order valence-electron chi connectivity index (χ0n) is 21.8. The van der Waals surface area contributed by atoms with Crippen LogP contribution in [-0.4, -0.2) is 69.7 Å². The number of nitrogens with one attached hydrogen (secondary N) is 2. The number of thiazole rings is 1. The average molecular weight is 576 g/mol. The lowest BCUT2D eigenvalue weighted by Crippen LogP contribution is -2.36. The van der Waals surface area contributed by atoms with Crippen molar-refractivity contribution >= 4 is 29.1 Å². The molecule has 0 radical (unpaired) electrons. The quantitative estimate of drug-likeness (QED) is 0.211. The van der Waals surface area contributed by atoms with Gasteiger partial charge in [-0.3, -0.25) is 15.3 Å². The number of hydrogen-bond acceptors (Lipinski definition) is 9. The molecule has 2 amide bonds. The van der Waals surface area contributed by atoms with Crippen LogP contribution in [0.4, 0.5) is 23.8 Å². The molecular formula is C26H28F3N7O3S. The number of aromatic nitrogens is 3. The van der Waals surface area contributed by atoms with Crippen LogP contribution in [0.25, 0.3) is 21.7 Å². The van der Waals surface area contributed by atoms with Gasteiger partial charge in [-0.05, 0) is 38.5 Å². The summed E-state index contributed by atoms with van der Waals surface area (Å²) in [7, 11) is 1.55. The Morgan fingerprint density at radius 1 is 1.25 bits per heavy atom. The number of halogens is 3. The monoisotopic (exact) mass is 575 g/mol. The molecule has 212 valence electrons. The Bertz CT molecular complexity index is 1400. The van der Waals surface area contributed by atoms with Gasteiger partial charge < -0.3 is 20.1 Å². The van der Waals surface area contributed by atoms with Gasteiger partial charge in [-0.1, -0.05) is 0 Å². The Morgan fingerprint density at radius 2 is 2.00 bits per heavy atom. The molecule has 0 aliphatic carbocycles. The summed E-state index contributed by atoms with van der Waals surface area (Å²) in [6.45, 7) is 7.31. The van der Waals surface area contributed by atoms with E-state index in [4.69, 9.17) is 4.74 Å². The number of rotatable bonds is 7. The number of alkyl halides is 3. The van der Waals surface area contributed by atoms with Gasteiger partial charge in [-0.25, -0.2) is 14.8 Å². The second-order valence-electron chi connectivity index (χ2n) is 8.84. The summed E-state index contributed by atoms with van der Waals surface area (Å²) in [5.74, 6) is 0.756. The third-order valence-corrected chi connectivity index (χ3v) is 6.91. The number of piperidine rings is 1. The molecule has 14 heteroatoms. The molecule has 3 aromatic heterocycles. The minimum atomic E-state index is -4.61. The smallest absolute Gasteiger partial charge is 0.423 e. The molecule has 1 aliphatic rings. The van der Waals surface area contributed by atoms with Crippen molar-refractivity contribution in [2.75, 3.05) is 32.0 Å². The van der Waals surface area contributed by atoms with Crippen molar-refractivity contribution in [3.63, 3.8) is 0 Å². The summed E-state index contributed by atoms with van der Waals surface area (Å²) in [5.41, 5.74) is 0.776. The second kappa shape index (κ2) is 12.4. The predicted octanol–water partition coefficient (Wildman–Crippen LogP) is 4.75. The number of anilines is 1. The van der Waals surface area contributed by atoms with Crippen LogP contribution in [0.15, 0.2) is 53.6 Å². The second-order valence-corrected chi connectivity index (χ2v) is 9.70. The molecule has 1 fully saturated rings. The van der Waals surface area contributed by atoms with Gasteiger partial charge in [0.25, 0.3) is 0 Å². The van der Waals surface area contributed by atoms with E-state index in [0.29, 0.717) is 60.6 Å². The van der Waals surface area contributed by atoms with E-state index in [2.05, 4.69) is 37.2 Å². The maximum atomic E-state index is 13.3. The molecule has 40 heavy (non-hydrogen) atoms. The van der Waals surface area contributed by atoms with Crippen LogP contribution in [-0.2, 0) is 10.9 Å². The molecule has 4 heterocycles. The van der Waals surface area contributed by atoms with Crippen molar-refractivity contribution in [1.82, 2.24) is 25.2 Å². The highest BCUT2D eigenvalue weighted by atomic mass is 32.1. The van der Waals surface area contributed by atoms with Crippen molar-refractivity contribution in [3.8, 4) is 21.7 Å². The van der Waals surface area contributed by atoms with Crippen molar-refractivity contribution in [2.24, 2.45) is 4.99 Å². The minimum absolute atomic E-state index is 0.0929. The maximum absolute atomic E-state index is 13.3. The van der Waals surface area contributed by atoms with Crippen molar-refractivity contribution in [2.45, 2.75) is 32.0 Å². The summed E-state index contributed by atoms with van der Waals surface area (Å²) >= 11 is 0.825. The van der Waals surface area contributed by atoms with Crippen LogP contribution in [0, 0.1) is 0 Å². The van der Waals surface area contributed by atoms with Gasteiger partial charge in [-0.15, -0.1) is 11.3 Å². The van der Waals surface area contributed by atoms with Gasteiger partial charge in [0.1, 0.15) is 10.8 Å². The van der Waals surface area contributed by atoms with Crippen LogP contribution in [0.2, 0.25) is 0 Å². The van der Waals surface area contributed by atoms with Gasteiger partial charge in [0, 0.05) is 67.3 Å². The number of pyridine rings is 2. The molecule has 0 unspecified atom stereocenters. The minimum Gasteiger partial charge on any atom is -0.423 e. The molecule has 10 nitrogen and oxygen atoms in total. The number of nitrogens with zero attached hydrogens (tertiary/aromatic N) is 5. The number of carbonyl (C=O) groups is 1. The summed E-state index contributed by atoms with van der Waals surface area (Å²) in [6.07, 6.45) is 0.768. The fourth-order valence-corrected chi connectivity index (χ4v) is 4.87. The van der Waals surface area contributed by atoms with Crippen LogP contribution in [0.1, 0.15) is 31.0 Å². The Hall–Kier alpha value is -4.04. The molecule has 0 bridgehead atoms. The first-order valence-electron chi connectivity index (χ1n) is 12.4. The standard InChI is InChI=1S/C26H28F3N7O3S/c1-4-32-25(38)35-22-10-19(24-34-21(14-40-24)26(27,28)29)20(13-33-22)16-9-17(12-31-11-16)23(30-3)39-15(2)36-7-5-18(37)6-8-36/h9-14,18,37H,2,4-8H2,1,3H3,(H2,32,33,35,38)/b30-23-. The molecule has 4 rings (SSSR count). The van der Waals surface area contributed by atoms with E-state index < -0.39 is 17.9 Å². The number of amides is 2. The molecule has 0 atom stereocenters. The lowest BCUT2D eigenvalue weighted by Gasteiger charge is -2.32. The lowest BCUT2D eigenvalue weighted by molar-refractivity contribution is -0.140. The first-order valence-corrected chi connectivity index (χ1v) is 13.3. The van der Waals surface area contributed by atoms with Crippen molar-refractivity contribution in [3.05, 3.63) is 59.8 Å². The van der Waals surface area contributed by atoms with E-state index >= 15 is 0 Å². The number of hydrogen-bond donors (Lipinski definition) is 3. The number of carbonyl (C=O) groups excluding carboxylic acids is 1. The van der Waals surface area contributed by atoms with Gasteiger partial charge in [0.05, 0.1) is 11.7 Å². The zero-order chi connectivity index (χ0) is 28.9. The Kier molecular flexibility index (Phi) is 9.00. The van der Waals surface area contributed by atoms with Gasteiger partial charge >= 0.3 is 12.2 Å². The fourth-order valence-electron chi connectivity index (χ4n) is 4.01. The molecule has 1 saturated heterocycles. The number of aliphatic hydroxyl groups is 1. The van der Waals surface area contributed by atoms with E-state index in [1.165, 1.54) is 18.5 Å². The molecule has 3 N–H and O–H groups in total. The average Bonchev–Trinajstić information content (AvgIpc) is 3.43. The van der Waals surface area contributed by atoms with Crippen LogP contribution >= 0.6 is 11.3 Å². The largest absolute Gasteiger partial charge is 0.434 e. The van der Waals surface area contributed by atoms with E-state index in [1.54, 1.807) is 26.2 Å². The molecule has 0 aromatic carbocycles. The van der Waals surface area contributed by atoms with Gasteiger partial charge in [0.15, 0.2) is 11.6 Å². The number of urea groups is 1. The summed E-state index contributed by atoms with van der Waals surface area (Å²) < 4.78 is 45.9. The Morgan fingerprint density at radius 3 is 2.65 bits per heavy atom. The number of ether oxygens (including phenoxy) is 1. The highest BCUT2D eigenvalue weighted by Crippen LogP contribution is 2.38. The van der Waals surface area contributed by atoms with Crippen molar-refractivity contribution < 1.29 is 27.8 Å². The third kappa shape index (κ3) is 6.93.